The van der Waals surface area contributed by atoms with Crippen LogP contribution < -0.4 is 5.79 Å². The molecular formula is C46H88O4S3Sn2. The Morgan fingerprint density at radius 3 is 0.855 bits per heavy atom. The van der Waals surface area contributed by atoms with Crippen molar-refractivity contribution in [3.05, 3.63) is 0 Å². The van der Waals surface area contributed by atoms with Crippen molar-refractivity contribution in [2.45, 2.75) is 265 Å². The molecule has 1 aromatic rings. The molecule has 4 nitrogen and oxygen atoms in total. The molecule has 0 bridgehead atoms. The summed E-state index contributed by atoms with van der Waals surface area (Å²) in [6, 6.07) is 0. The van der Waals surface area contributed by atoms with Crippen LogP contribution in [-0.2, 0) is 19.7 Å². The molecule has 0 unspecified atom stereocenters. The number of hydrogen-bond donors (Lipinski definition) is 0. The maximum absolute atomic E-state index is 15.1. The maximum atomic E-state index is 15.1. The predicted molar refractivity (Wildman–Crippen MR) is 248 cm³/mol. The summed E-state index contributed by atoms with van der Waals surface area (Å²) in [4.78, 5) is 0.757. The number of sulfone groups is 2. The second kappa shape index (κ2) is 31.1. The summed E-state index contributed by atoms with van der Waals surface area (Å²) in [5, 5.41) is 0. The van der Waals surface area contributed by atoms with Gasteiger partial charge < -0.3 is 0 Å². The van der Waals surface area contributed by atoms with Gasteiger partial charge in [-0.1, -0.05) is 0 Å². The van der Waals surface area contributed by atoms with Gasteiger partial charge in [0.1, 0.15) is 0 Å². The standard InChI is InChI=1S/C20H34O4S3.2C13H27.2Sn/c1-3-5-7-9-11-13-15-26(21,22)19-17-25-18-20(19)27(23,24)16-14-12-10-8-6-4-2;2*1-4-7-10-13(11-8-5-2)12-9-6-3;;/h3-16H2,1-2H3;2*4-12H2,1-3H3;;. The monoisotopic (exact) mass is 1040 g/mol. The fourth-order valence-electron chi connectivity index (χ4n) is 8.18. The van der Waals surface area contributed by atoms with Crippen LogP contribution in [0.15, 0.2) is 9.79 Å². The Kier molecular flexibility index (Phi) is 30.7. The Labute approximate surface area is 368 Å². The van der Waals surface area contributed by atoms with Crippen LogP contribution in [0, 0.1) is 0 Å². The molecule has 9 heteroatoms. The Bertz CT molecular complexity index is 1180. The first-order chi connectivity index (χ1) is 26.4. The van der Waals surface area contributed by atoms with Gasteiger partial charge >= 0.3 is 372 Å². The third-order valence-corrected chi connectivity index (χ3v) is 30.9. The average molecular weight is 1040 g/mol. The second-order valence-corrected chi connectivity index (χ2v) is 34.5. The summed E-state index contributed by atoms with van der Waals surface area (Å²) in [7, 11) is -7.52. The van der Waals surface area contributed by atoms with E-state index in [9.17, 15) is 0 Å². The third kappa shape index (κ3) is 20.5. The van der Waals surface area contributed by atoms with Gasteiger partial charge in [-0.15, -0.1) is 0 Å². The summed E-state index contributed by atoms with van der Waals surface area (Å²) in [5.41, 5.74) is 0. The van der Waals surface area contributed by atoms with Crippen molar-refractivity contribution in [1.29, 1.82) is 0 Å². The molecule has 322 valence electrons. The third-order valence-electron chi connectivity index (χ3n) is 11.8. The zero-order valence-corrected chi connectivity index (χ0v) is 45.6. The summed E-state index contributed by atoms with van der Waals surface area (Å²) >= 11 is -1.24. The Balaban J connectivity index is 4.19. The Morgan fingerprint density at radius 2 is 0.600 bits per heavy atom. The molecule has 55 heavy (non-hydrogen) atoms. The van der Waals surface area contributed by atoms with E-state index in [1.807, 2.05) is 0 Å². The van der Waals surface area contributed by atoms with Gasteiger partial charge in [-0.3, -0.25) is 0 Å². The molecule has 0 amide bonds. The van der Waals surface area contributed by atoms with E-state index in [4.69, 9.17) is 0 Å². The van der Waals surface area contributed by atoms with E-state index in [-0.39, 0.29) is 18.4 Å². The average Bonchev–Trinajstić information content (AvgIpc) is 3.54. The van der Waals surface area contributed by atoms with Crippen LogP contribution in [0.2, 0.25) is 6.86 Å². The molecule has 0 N–H and O–H groups in total. The van der Waals surface area contributed by atoms with Crippen molar-refractivity contribution in [2.75, 3.05) is 11.5 Å². The fourth-order valence-corrected chi connectivity index (χ4v) is 34.9. The van der Waals surface area contributed by atoms with E-state index in [1.54, 1.807) is 11.3 Å². The minimum atomic E-state index is -3.76. The zero-order chi connectivity index (χ0) is 41.1. The number of hydrogen-bond acceptors (Lipinski definition) is 5. The van der Waals surface area contributed by atoms with Crippen LogP contribution in [0.25, 0.3) is 0 Å². The quantitative estimate of drug-likeness (QED) is 0.0489. The van der Waals surface area contributed by atoms with Crippen LogP contribution in [0.3, 0.4) is 0 Å². The van der Waals surface area contributed by atoms with E-state index in [0.29, 0.717) is 22.6 Å². The molecule has 0 aliphatic carbocycles. The van der Waals surface area contributed by atoms with Crippen LogP contribution in [0.1, 0.15) is 248 Å². The van der Waals surface area contributed by atoms with E-state index in [0.717, 1.165) is 82.8 Å². The van der Waals surface area contributed by atoms with Crippen LogP contribution in [0.5, 0.6) is 0 Å². The van der Waals surface area contributed by atoms with Gasteiger partial charge in [0.15, 0.2) is 0 Å². The van der Waals surface area contributed by atoms with Crippen LogP contribution in [0.4, 0.5) is 0 Å². The van der Waals surface area contributed by atoms with Crippen LogP contribution in [-0.4, -0.2) is 70.6 Å². The fraction of sp³-hybridized carbons (Fsp3) is 0.913. The molecule has 1 heterocycles. The number of thiophene rings is 1. The Hall–Kier alpha value is 1.20. The van der Waals surface area contributed by atoms with Crippen molar-refractivity contribution in [3.63, 3.8) is 0 Å². The van der Waals surface area contributed by atoms with Gasteiger partial charge in [-0.2, -0.15) is 0 Å². The normalized spacial score (nSPS) is 12.9. The van der Waals surface area contributed by atoms with Crippen molar-refractivity contribution in [3.8, 4) is 0 Å². The molecule has 1 rings (SSSR count). The van der Waals surface area contributed by atoms with Gasteiger partial charge in [0, 0.05) is 0 Å². The first kappa shape index (κ1) is 54.2. The second-order valence-electron chi connectivity index (χ2n) is 17.0. The summed E-state index contributed by atoms with van der Waals surface area (Å²) in [6.07, 6.45) is 33.3. The van der Waals surface area contributed by atoms with E-state index < -0.39 is 62.0 Å². The predicted octanol–water partition coefficient (Wildman–Crippen LogP) is 14.1. The van der Waals surface area contributed by atoms with E-state index >= 15 is 16.8 Å². The molecule has 0 atom stereocenters. The molecule has 0 fully saturated rings. The van der Waals surface area contributed by atoms with Gasteiger partial charge in [0.25, 0.3) is 0 Å². The molecule has 0 saturated carbocycles. The van der Waals surface area contributed by atoms with Gasteiger partial charge in [0.2, 0.25) is 0 Å². The van der Waals surface area contributed by atoms with Crippen molar-refractivity contribution >= 4 is 79.1 Å². The Morgan fingerprint density at radius 1 is 0.364 bits per heavy atom. The number of unbranched alkanes of at least 4 members (excludes halogenated alkanes) is 16. The van der Waals surface area contributed by atoms with Crippen LogP contribution >= 0.6 is 11.3 Å². The van der Waals surface area contributed by atoms with Gasteiger partial charge in [0.05, 0.1) is 0 Å². The van der Waals surface area contributed by atoms with Gasteiger partial charge in [-0.05, 0) is 0 Å². The van der Waals surface area contributed by atoms with E-state index in [2.05, 4.69) is 55.4 Å². The molecule has 0 aliphatic rings. The first-order valence-corrected chi connectivity index (χ1v) is 33.4. The molecule has 0 saturated heterocycles. The minimum absolute atomic E-state index is 0.102. The summed E-state index contributed by atoms with van der Waals surface area (Å²) in [6.45, 7) is 18.2. The van der Waals surface area contributed by atoms with E-state index in [1.165, 1.54) is 103 Å². The first-order valence-electron chi connectivity index (χ1n) is 23.6. The summed E-state index contributed by atoms with van der Waals surface area (Å²) < 4.78 is 62.9. The molecule has 0 spiro atoms. The molecule has 0 aromatic carbocycles. The molecule has 4 radical (unpaired) electrons. The van der Waals surface area contributed by atoms with Crippen molar-refractivity contribution < 1.29 is 16.8 Å². The molecule has 0 aliphatic heterocycles. The number of rotatable bonds is 38. The topological polar surface area (TPSA) is 68.3 Å². The summed E-state index contributed by atoms with van der Waals surface area (Å²) in [5.74, 6) is 0.204. The van der Waals surface area contributed by atoms with Crippen molar-refractivity contribution in [1.82, 2.24) is 0 Å². The molecule has 1 aromatic heterocycles. The van der Waals surface area contributed by atoms with Gasteiger partial charge in [-0.25, -0.2) is 0 Å². The zero-order valence-electron chi connectivity index (χ0n) is 37.5. The molecular weight excluding hydrogens is 950 g/mol. The SMILES string of the molecule is CCCCCCCCS(=O)(=O)c1[c]([Sn][C](CCCC)(CCCC)CCCC)s[c]([Sn][C](CCCC)(CCCC)CCCC)c1S(=O)(=O)CCCCCCCC. The van der Waals surface area contributed by atoms with Crippen molar-refractivity contribution in [2.24, 2.45) is 0 Å².